The van der Waals surface area contributed by atoms with Gasteiger partial charge in [-0.25, -0.2) is 13.8 Å². The minimum absolute atomic E-state index is 0.0296. The molecule has 2 aromatic heterocycles. The second-order valence-electron chi connectivity index (χ2n) is 9.45. The Morgan fingerprint density at radius 1 is 1.17 bits per heavy atom. The molecule has 3 N–H and O–H groups in total. The van der Waals surface area contributed by atoms with Gasteiger partial charge in [-0.3, -0.25) is 9.78 Å². The van der Waals surface area contributed by atoms with Gasteiger partial charge in [0, 0.05) is 37.0 Å². The Hall–Kier alpha value is -3.59. The molecular weight excluding hydrogens is 452 g/mol. The number of rotatable bonds is 2. The Morgan fingerprint density at radius 3 is 2.80 bits per heavy atom. The van der Waals surface area contributed by atoms with E-state index in [1.54, 1.807) is 18.5 Å². The molecule has 2 atom stereocenters. The predicted octanol–water partition coefficient (Wildman–Crippen LogP) is 4.17. The van der Waals surface area contributed by atoms with E-state index in [-0.39, 0.29) is 35.0 Å². The molecule has 9 heteroatoms. The zero-order valence-electron chi connectivity index (χ0n) is 19.6. The summed E-state index contributed by atoms with van der Waals surface area (Å²) in [4.78, 5) is 23.6. The molecule has 1 saturated heterocycles. The molecule has 7 nitrogen and oxygen atoms in total. The molecule has 0 saturated carbocycles. The molecule has 1 fully saturated rings. The predicted molar refractivity (Wildman–Crippen MR) is 130 cm³/mol. The lowest BCUT2D eigenvalue weighted by Crippen LogP contribution is -2.48. The van der Waals surface area contributed by atoms with Crippen LogP contribution >= 0.6 is 0 Å². The van der Waals surface area contributed by atoms with E-state index >= 15 is 8.78 Å². The van der Waals surface area contributed by atoms with E-state index in [9.17, 15) is 4.79 Å². The molecule has 1 amide bonds. The van der Waals surface area contributed by atoms with Gasteiger partial charge in [0.2, 0.25) is 0 Å². The second kappa shape index (κ2) is 9.22. The maximum atomic E-state index is 15.5. The van der Waals surface area contributed by atoms with Crippen LogP contribution < -0.4 is 20.7 Å². The largest absolute Gasteiger partial charge is 0.491 e. The fraction of sp³-hybridized carbons (Fsp3) is 0.346. The molecule has 4 heterocycles. The van der Waals surface area contributed by atoms with E-state index in [0.29, 0.717) is 36.5 Å². The number of nitrogens with one attached hydrogen (secondary N) is 1. The molecule has 1 aromatic carbocycles. The molecule has 35 heavy (non-hydrogen) atoms. The molecule has 0 spiro atoms. The van der Waals surface area contributed by atoms with Crippen LogP contribution in [0.2, 0.25) is 0 Å². The topological polar surface area (TPSA) is 93.4 Å². The molecule has 4 bridgehead atoms. The van der Waals surface area contributed by atoms with E-state index < -0.39 is 17.5 Å². The van der Waals surface area contributed by atoms with Crippen molar-refractivity contribution < 1.29 is 18.3 Å². The Morgan fingerprint density at radius 2 is 2.00 bits per heavy atom. The van der Waals surface area contributed by atoms with E-state index in [1.165, 1.54) is 12.1 Å². The Kier molecular flexibility index (Phi) is 6.10. The summed E-state index contributed by atoms with van der Waals surface area (Å²) >= 11 is 0. The molecule has 1 unspecified atom stereocenters. The van der Waals surface area contributed by atoms with E-state index in [1.807, 2.05) is 19.9 Å². The number of ether oxygens (including phenoxy) is 1. The first-order chi connectivity index (χ1) is 16.8. The average Bonchev–Trinajstić information content (AvgIpc) is 2.79. The van der Waals surface area contributed by atoms with Gasteiger partial charge in [-0.1, -0.05) is 0 Å². The van der Waals surface area contributed by atoms with Gasteiger partial charge in [0.05, 0.1) is 23.7 Å². The maximum Gasteiger partial charge on any atom is 0.274 e. The lowest BCUT2D eigenvalue weighted by atomic mass is 9.86. The van der Waals surface area contributed by atoms with Crippen LogP contribution in [0.15, 0.2) is 42.7 Å². The first kappa shape index (κ1) is 23.2. The van der Waals surface area contributed by atoms with Gasteiger partial charge in [0.25, 0.3) is 5.91 Å². The third kappa shape index (κ3) is 4.68. The molecule has 0 radical (unpaired) electrons. The van der Waals surface area contributed by atoms with Gasteiger partial charge in [-0.05, 0) is 62.4 Å². The third-order valence-electron chi connectivity index (χ3n) is 6.30. The van der Waals surface area contributed by atoms with E-state index in [0.717, 1.165) is 18.2 Å². The van der Waals surface area contributed by atoms with Gasteiger partial charge in [-0.15, -0.1) is 0 Å². The third-order valence-corrected chi connectivity index (χ3v) is 6.30. The summed E-state index contributed by atoms with van der Waals surface area (Å²) in [6, 6.07) is 7.11. The lowest BCUT2D eigenvalue weighted by Gasteiger charge is -2.38. The quantitative estimate of drug-likeness (QED) is 0.573. The molecule has 2 aliphatic rings. The average molecular weight is 480 g/mol. The summed E-state index contributed by atoms with van der Waals surface area (Å²) in [6.45, 7) is 4.94. The number of hydrogen-bond acceptors (Lipinski definition) is 6. The van der Waals surface area contributed by atoms with Gasteiger partial charge < -0.3 is 20.7 Å². The number of piperidine rings is 1. The molecule has 3 aromatic rings. The molecular formula is C26H27F2N5O2. The van der Waals surface area contributed by atoms with E-state index in [2.05, 4.69) is 20.2 Å². The lowest BCUT2D eigenvalue weighted by molar-refractivity contribution is 0.102. The normalized spacial score (nSPS) is 19.6. The van der Waals surface area contributed by atoms with Crippen LogP contribution in [-0.2, 0) is 6.42 Å². The molecule has 5 rings (SSSR count). The maximum absolute atomic E-state index is 15.5. The number of fused-ring (bicyclic) bond motifs is 8. The number of carbonyl (C=O) groups excluding carboxylic acids is 1. The standard InChI is InChI=1S/C26H27F2N5O2/c1-14(2)35-18-9-16-7-15-8-17(29)13-33(12-15)23-5-6-30-11-22(23)32-26(34)21-4-3-19(27)25(31-21)24(16)20(28)10-18/h3-6,9-11,14-15,17H,7-8,12-13,29H2,1-2H3,(H,32,34)/t15-,17?/m1/s1. The Labute approximate surface area is 202 Å². The summed E-state index contributed by atoms with van der Waals surface area (Å²) in [6.07, 6.45) is 4.23. The number of anilines is 2. The van der Waals surface area contributed by atoms with Gasteiger partial charge in [0.15, 0.2) is 0 Å². The number of nitrogens with two attached hydrogens (primary N) is 1. The highest BCUT2D eigenvalue weighted by molar-refractivity contribution is 6.05. The minimum atomic E-state index is -0.710. The van der Waals surface area contributed by atoms with Crippen LogP contribution in [0.25, 0.3) is 11.3 Å². The number of amides is 1. The monoisotopic (exact) mass is 479 g/mol. The summed E-state index contributed by atoms with van der Waals surface area (Å²) in [5.41, 5.74) is 8.10. The summed E-state index contributed by atoms with van der Waals surface area (Å²) in [7, 11) is 0. The number of nitrogens with zero attached hydrogens (tertiary/aromatic N) is 3. The highest BCUT2D eigenvalue weighted by atomic mass is 19.1. The number of carbonyl (C=O) groups is 1. The van der Waals surface area contributed by atoms with Gasteiger partial charge >= 0.3 is 0 Å². The van der Waals surface area contributed by atoms with Crippen LogP contribution in [0.1, 0.15) is 36.3 Å². The van der Waals surface area contributed by atoms with Crippen molar-refractivity contribution in [1.82, 2.24) is 9.97 Å². The zero-order chi connectivity index (χ0) is 24.7. The summed E-state index contributed by atoms with van der Waals surface area (Å²) in [5, 5.41) is 2.83. The van der Waals surface area contributed by atoms with Crippen molar-refractivity contribution in [3.05, 3.63) is 65.6 Å². The van der Waals surface area contributed by atoms with Crippen LogP contribution in [-0.4, -0.2) is 41.1 Å². The Bertz CT molecular complexity index is 1280. The number of halogens is 2. The SMILES string of the molecule is CC(C)Oc1cc(F)c2c(c1)C[C@@H]1CC(N)CN(C1)c1ccncc1NC(=O)c1ccc(F)c-2n1. The van der Waals surface area contributed by atoms with Crippen molar-refractivity contribution in [1.29, 1.82) is 0 Å². The molecule has 0 aliphatic carbocycles. The van der Waals surface area contributed by atoms with Crippen molar-refractivity contribution in [2.45, 2.75) is 38.8 Å². The number of hydrogen-bond donors (Lipinski definition) is 2. The summed E-state index contributed by atoms with van der Waals surface area (Å²) in [5.74, 6) is -1.49. The van der Waals surface area contributed by atoms with Crippen molar-refractivity contribution in [3.63, 3.8) is 0 Å². The van der Waals surface area contributed by atoms with E-state index in [4.69, 9.17) is 10.5 Å². The fourth-order valence-corrected chi connectivity index (χ4v) is 4.99. The summed E-state index contributed by atoms with van der Waals surface area (Å²) < 4.78 is 36.3. The van der Waals surface area contributed by atoms with Crippen molar-refractivity contribution in [2.24, 2.45) is 11.7 Å². The molecule has 182 valence electrons. The van der Waals surface area contributed by atoms with Crippen LogP contribution in [0.3, 0.4) is 0 Å². The molecule has 2 aliphatic heterocycles. The fourth-order valence-electron chi connectivity index (χ4n) is 4.99. The van der Waals surface area contributed by atoms with Crippen molar-refractivity contribution in [3.8, 4) is 17.0 Å². The smallest absolute Gasteiger partial charge is 0.274 e. The minimum Gasteiger partial charge on any atom is -0.491 e. The van der Waals surface area contributed by atoms with Crippen LogP contribution in [0.4, 0.5) is 20.2 Å². The Balaban J connectivity index is 1.71. The van der Waals surface area contributed by atoms with Gasteiger partial charge in [0.1, 0.15) is 28.8 Å². The highest BCUT2D eigenvalue weighted by Crippen LogP contribution is 2.37. The van der Waals surface area contributed by atoms with Crippen LogP contribution in [0.5, 0.6) is 5.75 Å². The van der Waals surface area contributed by atoms with Crippen molar-refractivity contribution in [2.75, 3.05) is 23.3 Å². The number of aromatic nitrogens is 2. The first-order valence-electron chi connectivity index (χ1n) is 11.7. The number of benzene rings is 1. The highest BCUT2D eigenvalue weighted by Gasteiger charge is 2.30. The van der Waals surface area contributed by atoms with Gasteiger partial charge in [-0.2, -0.15) is 0 Å². The first-order valence-corrected chi connectivity index (χ1v) is 11.7. The van der Waals surface area contributed by atoms with Crippen LogP contribution in [0, 0.1) is 17.6 Å². The number of pyridine rings is 2. The second-order valence-corrected chi connectivity index (χ2v) is 9.45. The van der Waals surface area contributed by atoms with Crippen molar-refractivity contribution >= 4 is 17.3 Å². The zero-order valence-corrected chi connectivity index (χ0v) is 19.6.